The summed E-state index contributed by atoms with van der Waals surface area (Å²) < 4.78 is 5.53. The van der Waals surface area contributed by atoms with E-state index in [1.165, 1.54) is 11.1 Å². The van der Waals surface area contributed by atoms with Crippen LogP contribution in [-0.4, -0.2) is 23.9 Å². The van der Waals surface area contributed by atoms with Gasteiger partial charge in [0.05, 0.1) is 11.8 Å². The third-order valence-electron chi connectivity index (χ3n) is 3.37. The second kappa shape index (κ2) is 8.04. The third kappa shape index (κ3) is 4.07. The highest BCUT2D eigenvalue weighted by atomic mass is 35.5. The molecule has 0 bridgehead atoms. The molecule has 2 N–H and O–H groups in total. The van der Waals surface area contributed by atoms with Crippen molar-refractivity contribution in [3.05, 3.63) is 52.8 Å². The van der Waals surface area contributed by atoms with E-state index in [0.29, 0.717) is 0 Å². The van der Waals surface area contributed by atoms with Crippen LogP contribution in [0.25, 0.3) is 0 Å². The van der Waals surface area contributed by atoms with E-state index >= 15 is 0 Å². The Balaban J connectivity index is 0.00000200. The number of benzene rings is 1. The van der Waals surface area contributed by atoms with Crippen LogP contribution in [0.3, 0.4) is 0 Å². The predicted octanol–water partition coefficient (Wildman–Crippen LogP) is 2.93. The second-order valence-electron chi connectivity index (χ2n) is 4.68. The van der Waals surface area contributed by atoms with Crippen molar-refractivity contribution in [2.24, 2.45) is 0 Å². The Kier molecular flexibility index (Phi) is 6.71. The zero-order valence-electron chi connectivity index (χ0n) is 12.1. The van der Waals surface area contributed by atoms with Crippen LogP contribution < -0.4 is 5.32 Å². The Morgan fingerprint density at radius 1 is 1.25 bits per heavy atom. The minimum absolute atomic E-state index is 0. The van der Waals surface area contributed by atoms with Crippen LogP contribution in [0, 0.1) is 13.8 Å². The fourth-order valence-electron chi connectivity index (χ4n) is 2.17. The minimum Gasteiger partial charge on any atom is -0.375 e. The van der Waals surface area contributed by atoms with Crippen molar-refractivity contribution in [2.45, 2.75) is 26.5 Å². The van der Waals surface area contributed by atoms with E-state index in [1.807, 2.05) is 32.0 Å². The molecular formula is C15H22ClN3O. The van der Waals surface area contributed by atoms with Gasteiger partial charge in [-0.2, -0.15) is 5.10 Å². The average molecular weight is 296 g/mol. The lowest BCUT2D eigenvalue weighted by Gasteiger charge is -2.16. The molecule has 0 spiro atoms. The summed E-state index contributed by atoms with van der Waals surface area (Å²) in [4.78, 5) is 0. The van der Waals surface area contributed by atoms with Gasteiger partial charge < -0.3 is 10.1 Å². The standard InChI is InChI=1S/C15H21N3O.ClH/c1-11-14(12(2)18-17-11)9-16-10-15(19-3)13-7-5-4-6-8-13;/h4-8,15-16H,9-10H2,1-3H3,(H,17,18);1H. The second-order valence-corrected chi connectivity index (χ2v) is 4.68. The number of ether oxygens (including phenoxy) is 1. The summed E-state index contributed by atoms with van der Waals surface area (Å²) in [5.74, 6) is 0. The lowest BCUT2D eigenvalue weighted by atomic mass is 10.1. The molecule has 1 unspecified atom stereocenters. The number of hydrogen-bond donors (Lipinski definition) is 2. The summed E-state index contributed by atoms with van der Waals surface area (Å²) in [5.41, 5.74) is 4.61. The molecule has 4 nitrogen and oxygen atoms in total. The van der Waals surface area contributed by atoms with Gasteiger partial charge in [0.1, 0.15) is 0 Å². The van der Waals surface area contributed by atoms with Gasteiger partial charge in [-0.05, 0) is 19.4 Å². The Labute approximate surface area is 126 Å². The maximum absolute atomic E-state index is 5.53. The van der Waals surface area contributed by atoms with E-state index in [1.54, 1.807) is 7.11 Å². The molecule has 0 radical (unpaired) electrons. The van der Waals surface area contributed by atoms with E-state index in [4.69, 9.17) is 4.74 Å². The quantitative estimate of drug-likeness (QED) is 0.861. The van der Waals surface area contributed by atoms with Crippen LogP contribution in [0.5, 0.6) is 0 Å². The number of nitrogens with zero attached hydrogens (tertiary/aromatic N) is 1. The van der Waals surface area contributed by atoms with Gasteiger partial charge in [0, 0.05) is 31.5 Å². The first-order chi connectivity index (χ1) is 9.22. The van der Waals surface area contributed by atoms with Crippen LogP contribution in [-0.2, 0) is 11.3 Å². The maximum atomic E-state index is 5.53. The van der Waals surface area contributed by atoms with E-state index in [2.05, 4.69) is 27.6 Å². The first-order valence-electron chi connectivity index (χ1n) is 6.51. The molecule has 1 aromatic heterocycles. The summed E-state index contributed by atoms with van der Waals surface area (Å²) in [6.45, 7) is 5.65. The largest absolute Gasteiger partial charge is 0.375 e. The summed E-state index contributed by atoms with van der Waals surface area (Å²) in [6.07, 6.45) is 0.0775. The molecule has 0 amide bonds. The average Bonchev–Trinajstić information content (AvgIpc) is 2.76. The summed E-state index contributed by atoms with van der Waals surface area (Å²) in [6, 6.07) is 10.3. The maximum Gasteiger partial charge on any atom is 0.0945 e. The number of hydrogen-bond acceptors (Lipinski definition) is 3. The fraction of sp³-hybridized carbons (Fsp3) is 0.400. The Morgan fingerprint density at radius 3 is 2.50 bits per heavy atom. The first kappa shape index (κ1) is 16.7. The molecule has 20 heavy (non-hydrogen) atoms. The number of methoxy groups -OCH3 is 1. The van der Waals surface area contributed by atoms with Crippen LogP contribution in [0.1, 0.15) is 28.6 Å². The number of aromatic amines is 1. The third-order valence-corrected chi connectivity index (χ3v) is 3.37. The molecule has 1 heterocycles. The molecule has 0 aliphatic rings. The number of nitrogens with one attached hydrogen (secondary N) is 2. The van der Waals surface area contributed by atoms with Crippen molar-refractivity contribution >= 4 is 12.4 Å². The van der Waals surface area contributed by atoms with Crippen molar-refractivity contribution in [1.29, 1.82) is 0 Å². The van der Waals surface area contributed by atoms with Crippen molar-refractivity contribution in [1.82, 2.24) is 15.5 Å². The monoisotopic (exact) mass is 295 g/mol. The van der Waals surface area contributed by atoms with Gasteiger partial charge in [0.25, 0.3) is 0 Å². The summed E-state index contributed by atoms with van der Waals surface area (Å²) in [7, 11) is 1.74. The lowest BCUT2D eigenvalue weighted by molar-refractivity contribution is 0.102. The number of H-pyrrole nitrogens is 1. The molecule has 2 aromatic rings. The van der Waals surface area contributed by atoms with Crippen LogP contribution in [0.4, 0.5) is 0 Å². The smallest absolute Gasteiger partial charge is 0.0945 e. The van der Waals surface area contributed by atoms with Crippen LogP contribution >= 0.6 is 12.4 Å². The number of aryl methyl sites for hydroxylation is 2. The molecule has 0 aliphatic carbocycles. The predicted molar refractivity (Wildman–Crippen MR) is 83.2 cm³/mol. The Bertz CT molecular complexity index is 494. The van der Waals surface area contributed by atoms with Crippen LogP contribution in [0.15, 0.2) is 30.3 Å². The molecule has 1 atom stereocenters. The molecule has 5 heteroatoms. The number of rotatable bonds is 6. The fourth-order valence-corrected chi connectivity index (χ4v) is 2.17. The van der Waals surface area contributed by atoms with Crippen molar-refractivity contribution in [3.63, 3.8) is 0 Å². The van der Waals surface area contributed by atoms with Gasteiger partial charge in [-0.25, -0.2) is 0 Å². The van der Waals surface area contributed by atoms with Crippen LogP contribution in [0.2, 0.25) is 0 Å². The molecular weight excluding hydrogens is 274 g/mol. The number of halogens is 1. The van der Waals surface area contributed by atoms with Crippen molar-refractivity contribution < 1.29 is 4.74 Å². The zero-order valence-corrected chi connectivity index (χ0v) is 13.0. The molecule has 0 aliphatic heterocycles. The normalized spacial score (nSPS) is 11.9. The first-order valence-corrected chi connectivity index (χ1v) is 6.51. The van der Waals surface area contributed by atoms with Gasteiger partial charge in [-0.3, -0.25) is 5.10 Å². The molecule has 110 valence electrons. The topological polar surface area (TPSA) is 49.9 Å². The van der Waals surface area contributed by atoms with E-state index in [0.717, 1.165) is 24.5 Å². The molecule has 0 fully saturated rings. The van der Waals surface area contributed by atoms with Crippen molar-refractivity contribution in [2.75, 3.05) is 13.7 Å². The van der Waals surface area contributed by atoms with Gasteiger partial charge in [0.2, 0.25) is 0 Å². The molecule has 0 saturated heterocycles. The summed E-state index contributed by atoms with van der Waals surface area (Å²) in [5, 5.41) is 10.6. The Morgan fingerprint density at radius 2 is 1.95 bits per heavy atom. The minimum atomic E-state index is 0. The number of aromatic nitrogens is 2. The van der Waals surface area contributed by atoms with Gasteiger partial charge in [-0.15, -0.1) is 12.4 Å². The van der Waals surface area contributed by atoms with Gasteiger partial charge in [-0.1, -0.05) is 30.3 Å². The van der Waals surface area contributed by atoms with E-state index in [-0.39, 0.29) is 18.5 Å². The summed E-state index contributed by atoms with van der Waals surface area (Å²) >= 11 is 0. The van der Waals surface area contributed by atoms with Gasteiger partial charge in [0.15, 0.2) is 0 Å². The molecule has 0 saturated carbocycles. The highest BCUT2D eigenvalue weighted by Crippen LogP contribution is 2.15. The Hall–Kier alpha value is -1.36. The van der Waals surface area contributed by atoms with E-state index in [9.17, 15) is 0 Å². The highest BCUT2D eigenvalue weighted by molar-refractivity contribution is 5.85. The molecule has 1 aromatic carbocycles. The van der Waals surface area contributed by atoms with E-state index < -0.39 is 0 Å². The highest BCUT2D eigenvalue weighted by Gasteiger charge is 2.11. The lowest BCUT2D eigenvalue weighted by Crippen LogP contribution is -2.22. The SMILES string of the molecule is COC(CNCc1c(C)n[nH]c1C)c1ccccc1.Cl. The van der Waals surface area contributed by atoms with Gasteiger partial charge >= 0.3 is 0 Å². The zero-order chi connectivity index (χ0) is 13.7. The molecule has 2 rings (SSSR count). The van der Waals surface area contributed by atoms with Crippen molar-refractivity contribution in [3.8, 4) is 0 Å².